The number of hydroxylamine groups is 1. The molecule has 2 aromatic rings. The number of carbonyl (C=O) groups excluding carboxylic acids is 2. The Kier molecular flexibility index (Phi) is 7.47. The van der Waals surface area contributed by atoms with Crippen LogP contribution < -0.4 is 10.8 Å². The summed E-state index contributed by atoms with van der Waals surface area (Å²) >= 11 is 0. The first-order valence-corrected chi connectivity index (χ1v) is 11.7. The van der Waals surface area contributed by atoms with Crippen LogP contribution in [0.15, 0.2) is 48.5 Å². The van der Waals surface area contributed by atoms with Crippen LogP contribution in [0, 0.1) is 11.8 Å². The highest BCUT2D eigenvalue weighted by molar-refractivity contribution is 5.79. The molecule has 2 aromatic carbocycles. The van der Waals surface area contributed by atoms with Crippen molar-refractivity contribution in [1.82, 2.24) is 10.8 Å². The molecular formula is C26H30N2O6. The molecule has 3 N–H and O–H groups in total. The molecule has 180 valence electrons. The van der Waals surface area contributed by atoms with Gasteiger partial charge in [0, 0.05) is 18.4 Å². The average Bonchev–Trinajstić information content (AvgIpc) is 3.18. The summed E-state index contributed by atoms with van der Waals surface area (Å²) in [4.78, 5) is 40.2. The minimum absolute atomic E-state index is 0.0261. The number of fused-ring (bicyclic) bond motifs is 3. The SMILES string of the molecule is CC(ONC(=O)C1CCC(CNC(=O)OCC2c3ccccc3-c3ccccc32)CC1)C(=O)O. The lowest BCUT2D eigenvalue weighted by atomic mass is 9.81. The van der Waals surface area contributed by atoms with Gasteiger partial charge in [0.15, 0.2) is 6.10 Å². The van der Waals surface area contributed by atoms with Gasteiger partial charge in [0.25, 0.3) is 0 Å². The molecule has 0 aromatic heterocycles. The van der Waals surface area contributed by atoms with Gasteiger partial charge in [-0.1, -0.05) is 48.5 Å². The van der Waals surface area contributed by atoms with Gasteiger partial charge >= 0.3 is 12.1 Å². The number of hydrogen-bond acceptors (Lipinski definition) is 5. The van der Waals surface area contributed by atoms with Crippen molar-refractivity contribution in [3.8, 4) is 11.1 Å². The van der Waals surface area contributed by atoms with E-state index in [1.54, 1.807) is 0 Å². The average molecular weight is 467 g/mol. The van der Waals surface area contributed by atoms with E-state index in [4.69, 9.17) is 14.7 Å². The van der Waals surface area contributed by atoms with Crippen LogP contribution in [0.5, 0.6) is 0 Å². The predicted octanol–water partition coefficient (Wildman–Crippen LogP) is 3.85. The summed E-state index contributed by atoms with van der Waals surface area (Å²) < 4.78 is 5.59. The van der Waals surface area contributed by atoms with E-state index >= 15 is 0 Å². The second kappa shape index (κ2) is 10.7. The fourth-order valence-corrected chi connectivity index (χ4v) is 4.79. The third-order valence-corrected chi connectivity index (χ3v) is 6.78. The van der Waals surface area contributed by atoms with E-state index in [1.165, 1.54) is 29.2 Å². The highest BCUT2D eigenvalue weighted by Gasteiger charge is 2.30. The number of ether oxygens (including phenoxy) is 1. The van der Waals surface area contributed by atoms with E-state index in [1.807, 2.05) is 24.3 Å². The molecule has 1 atom stereocenters. The number of rotatable bonds is 8. The Balaban J connectivity index is 1.19. The third kappa shape index (κ3) is 5.39. The highest BCUT2D eigenvalue weighted by atomic mass is 16.7. The quantitative estimate of drug-likeness (QED) is 0.509. The lowest BCUT2D eigenvalue weighted by molar-refractivity contribution is -0.160. The first kappa shape index (κ1) is 23.8. The molecule has 2 aliphatic rings. The summed E-state index contributed by atoms with van der Waals surface area (Å²) in [7, 11) is 0. The van der Waals surface area contributed by atoms with Crippen LogP contribution in [0.3, 0.4) is 0 Å². The Bertz CT molecular complexity index is 1000. The molecule has 2 aliphatic carbocycles. The summed E-state index contributed by atoms with van der Waals surface area (Å²) in [5.74, 6) is -1.35. The Morgan fingerprint density at radius 1 is 0.971 bits per heavy atom. The zero-order valence-corrected chi connectivity index (χ0v) is 19.2. The maximum atomic E-state index is 12.4. The number of aliphatic carboxylic acids is 1. The first-order valence-electron chi connectivity index (χ1n) is 11.7. The minimum atomic E-state index is -1.14. The maximum Gasteiger partial charge on any atom is 0.407 e. The molecule has 0 radical (unpaired) electrons. The second-order valence-electron chi connectivity index (χ2n) is 8.99. The molecule has 8 heteroatoms. The minimum Gasteiger partial charge on any atom is -0.479 e. The molecule has 8 nitrogen and oxygen atoms in total. The van der Waals surface area contributed by atoms with Gasteiger partial charge in [-0.05, 0) is 60.8 Å². The summed E-state index contributed by atoms with van der Waals surface area (Å²) in [6.07, 6.45) is 1.37. The smallest absolute Gasteiger partial charge is 0.407 e. The van der Waals surface area contributed by atoms with E-state index in [2.05, 4.69) is 35.1 Å². The number of nitrogens with one attached hydrogen (secondary N) is 2. The molecule has 0 saturated heterocycles. The number of carbonyl (C=O) groups is 3. The molecule has 0 heterocycles. The fourth-order valence-electron chi connectivity index (χ4n) is 4.79. The van der Waals surface area contributed by atoms with Crippen molar-refractivity contribution in [3.05, 3.63) is 59.7 Å². The van der Waals surface area contributed by atoms with Gasteiger partial charge in [-0.3, -0.25) is 9.63 Å². The van der Waals surface area contributed by atoms with E-state index in [9.17, 15) is 14.4 Å². The van der Waals surface area contributed by atoms with Gasteiger partial charge in [0.05, 0.1) is 0 Å². The monoisotopic (exact) mass is 466 g/mol. The summed E-state index contributed by atoms with van der Waals surface area (Å²) in [6.45, 7) is 2.13. The Morgan fingerprint density at radius 2 is 1.56 bits per heavy atom. The molecular weight excluding hydrogens is 436 g/mol. The Labute approximate surface area is 198 Å². The van der Waals surface area contributed by atoms with Crippen LogP contribution >= 0.6 is 0 Å². The summed E-state index contributed by atoms with van der Waals surface area (Å²) in [5, 5.41) is 11.7. The number of amides is 2. The summed E-state index contributed by atoms with van der Waals surface area (Å²) in [5.41, 5.74) is 6.98. The molecule has 2 amide bonds. The van der Waals surface area contributed by atoms with E-state index in [0.717, 1.165) is 12.8 Å². The lowest BCUT2D eigenvalue weighted by Crippen LogP contribution is -2.38. The number of carboxylic acids is 1. The Hall–Kier alpha value is -3.39. The largest absolute Gasteiger partial charge is 0.479 e. The topological polar surface area (TPSA) is 114 Å². The van der Waals surface area contributed by atoms with Crippen molar-refractivity contribution in [2.75, 3.05) is 13.2 Å². The van der Waals surface area contributed by atoms with Gasteiger partial charge in [-0.2, -0.15) is 0 Å². The van der Waals surface area contributed by atoms with Crippen LogP contribution in [0.2, 0.25) is 0 Å². The van der Waals surface area contributed by atoms with Gasteiger partial charge in [0.1, 0.15) is 6.61 Å². The molecule has 1 unspecified atom stereocenters. The van der Waals surface area contributed by atoms with E-state index in [0.29, 0.717) is 19.4 Å². The zero-order valence-electron chi connectivity index (χ0n) is 19.2. The molecule has 4 rings (SSSR count). The first-order chi connectivity index (χ1) is 16.4. The fraction of sp³-hybridized carbons (Fsp3) is 0.423. The predicted molar refractivity (Wildman–Crippen MR) is 125 cm³/mol. The van der Waals surface area contributed by atoms with Crippen LogP contribution in [0.4, 0.5) is 4.79 Å². The van der Waals surface area contributed by atoms with Gasteiger partial charge in [-0.25, -0.2) is 15.1 Å². The van der Waals surface area contributed by atoms with Gasteiger partial charge in [-0.15, -0.1) is 0 Å². The normalized spacial score (nSPS) is 20.0. The lowest BCUT2D eigenvalue weighted by Gasteiger charge is -2.27. The van der Waals surface area contributed by atoms with E-state index in [-0.39, 0.29) is 30.3 Å². The Morgan fingerprint density at radius 3 is 2.15 bits per heavy atom. The van der Waals surface area contributed by atoms with Crippen molar-refractivity contribution in [2.45, 2.75) is 44.6 Å². The number of hydrogen-bond donors (Lipinski definition) is 3. The molecule has 1 saturated carbocycles. The highest BCUT2D eigenvalue weighted by Crippen LogP contribution is 2.44. The molecule has 34 heavy (non-hydrogen) atoms. The molecule has 1 fully saturated rings. The van der Waals surface area contributed by atoms with Gasteiger partial charge < -0.3 is 15.2 Å². The molecule has 0 aliphatic heterocycles. The van der Waals surface area contributed by atoms with Crippen molar-refractivity contribution < 1.29 is 29.1 Å². The van der Waals surface area contributed by atoms with Crippen LogP contribution in [0.25, 0.3) is 11.1 Å². The van der Waals surface area contributed by atoms with Crippen LogP contribution in [-0.2, 0) is 19.2 Å². The van der Waals surface area contributed by atoms with Crippen LogP contribution in [-0.4, -0.2) is 42.3 Å². The van der Waals surface area contributed by atoms with Crippen molar-refractivity contribution in [3.63, 3.8) is 0 Å². The van der Waals surface area contributed by atoms with Gasteiger partial charge in [0.2, 0.25) is 5.91 Å². The molecule has 0 bridgehead atoms. The standard InChI is InChI=1S/C26H30N2O6/c1-16(25(30)31)34-28-24(29)18-12-10-17(11-13-18)14-27-26(32)33-15-23-21-8-4-2-6-19(21)20-7-3-5-9-22(20)23/h2-9,16-18,23H,10-15H2,1H3,(H,27,32)(H,28,29)(H,30,31). The third-order valence-electron chi connectivity index (χ3n) is 6.78. The maximum absolute atomic E-state index is 12.4. The second-order valence-corrected chi connectivity index (χ2v) is 8.99. The zero-order chi connectivity index (χ0) is 24.1. The van der Waals surface area contributed by atoms with Crippen molar-refractivity contribution >= 4 is 18.0 Å². The number of alkyl carbamates (subject to hydrolysis) is 1. The van der Waals surface area contributed by atoms with Crippen LogP contribution in [0.1, 0.15) is 49.7 Å². The number of benzene rings is 2. The summed E-state index contributed by atoms with van der Waals surface area (Å²) in [6, 6.07) is 16.4. The van der Waals surface area contributed by atoms with Crippen molar-refractivity contribution in [1.29, 1.82) is 0 Å². The van der Waals surface area contributed by atoms with E-state index < -0.39 is 18.2 Å². The number of carboxylic acid groups (broad SMARTS) is 1. The van der Waals surface area contributed by atoms with Crippen molar-refractivity contribution in [2.24, 2.45) is 11.8 Å². The molecule has 0 spiro atoms.